The van der Waals surface area contributed by atoms with Gasteiger partial charge in [0.2, 0.25) is 0 Å². The third-order valence-corrected chi connectivity index (χ3v) is 6.74. The molecule has 0 spiro atoms. The van der Waals surface area contributed by atoms with Crippen LogP contribution in [0.2, 0.25) is 0 Å². The quantitative estimate of drug-likeness (QED) is 0.602. The maximum absolute atomic E-state index is 12.9. The number of amidine groups is 1. The van der Waals surface area contributed by atoms with Crippen LogP contribution in [0.1, 0.15) is 5.56 Å². The number of hydrogen-bond donors (Lipinski definition) is 2. The number of ether oxygens (including phenoxy) is 1. The van der Waals surface area contributed by atoms with Gasteiger partial charge in [0.05, 0.1) is 16.9 Å². The molecule has 1 fully saturated rings. The number of nitrogens with one attached hydrogen (secondary N) is 1. The summed E-state index contributed by atoms with van der Waals surface area (Å²) in [5, 5.41) is 13.7. The van der Waals surface area contributed by atoms with E-state index in [2.05, 4.69) is 9.71 Å². The van der Waals surface area contributed by atoms with Crippen molar-refractivity contribution in [2.45, 2.75) is 4.90 Å². The smallest absolute Gasteiger partial charge is 0.285 e. The van der Waals surface area contributed by atoms with Crippen LogP contribution in [0, 0.1) is 0 Å². The first-order valence-electron chi connectivity index (χ1n) is 8.78. The summed E-state index contributed by atoms with van der Waals surface area (Å²) < 4.78 is 34.6. The van der Waals surface area contributed by atoms with Crippen molar-refractivity contribution >= 4 is 49.7 Å². The lowest BCUT2D eigenvalue weighted by Crippen LogP contribution is -2.20. The summed E-state index contributed by atoms with van der Waals surface area (Å²) in [6.07, 6.45) is 1.53. The van der Waals surface area contributed by atoms with Gasteiger partial charge in [0, 0.05) is 5.39 Å². The first-order valence-corrected chi connectivity index (χ1v) is 11.0. The molecule has 152 valence electrons. The number of nitrogens with zero attached hydrogens (tertiary/aromatic N) is 1. The van der Waals surface area contributed by atoms with Crippen LogP contribution in [0.25, 0.3) is 16.8 Å². The molecule has 1 heterocycles. The van der Waals surface area contributed by atoms with Gasteiger partial charge in [-0.1, -0.05) is 42.5 Å². The number of rotatable bonds is 4. The summed E-state index contributed by atoms with van der Waals surface area (Å²) in [6.45, 7) is 0. The van der Waals surface area contributed by atoms with Crippen LogP contribution < -0.4 is 10.1 Å². The number of phenolic OH excluding ortho intramolecular Hbond substituents is 1. The van der Waals surface area contributed by atoms with Crippen molar-refractivity contribution in [3.63, 3.8) is 0 Å². The average Bonchev–Trinajstić information content (AvgIpc) is 3.05. The largest absolute Gasteiger partial charge is 0.504 e. The number of methoxy groups -OCH3 is 1. The van der Waals surface area contributed by atoms with E-state index in [0.717, 1.165) is 17.1 Å². The summed E-state index contributed by atoms with van der Waals surface area (Å²) >= 11 is 0.915. The van der Waals surface area contributed by atoms with Crippen LogP contribution in [-0.2, 0) is 14.8 Å². The molecule has 1 aliphatic rings. The summed E-state index contributed by atoms with van der Waals surface area (Å²) in [5.41, 5.74) is 0.559. The Kier molecular flexibility index (Phi) is 5.23. The molecule has 0 bridgehead atoms. The van der Waals surface area contributed by atoms with Crippen molar-refractivity contribution in [3.8, 4) is 11.5 Å². The predicted molar refractivity (Wildman–Crippen MR) is 117 cm³/mol. The molecule has 1 aliphatic heterocycles. The minimum absolute atomic E-state index is 0.0306. The number of carbonyl (C=O) groups excluding carboxylic acids is 1. The van der Waals surface area contributed by atoms with Crippen molar-refractivity contribution in [2.24, 2.45) is 4.40 Å². The summed E-state index contributed by atoms with van der Waals surface area (Å²) in [4.78, 5) is 12.6. The normalized spacial score (nSPS) is 16.9. The van der Waals surface area contributed by atoms with Gasteiger partial charge in [-0.05, 0) is 47.0 Å². The zero-order valence-electron chi connectivity index (χ0n) is 15.7. The number of amides is 1. The van der Waals surface area contributed by atoms with E-state index in [1.54, 1.807) is 30.3 Å². The van der Waals surface area contributed by atoms with Crippen LogP contribution in [0.3, 0.4) is 0 Å². The van der Waals surface area contributed by atoms with Crippen molar-refractivity contribution in [3.05, 3.63) is 71.1 Å². The molecule has 9 heteroatoms. The van der Waals surface area contributed by atoms with E-state index in [4.69, 9.17) is 4.74 Å². The predicted octanol–water partition coefficient (Wildman–Crippen LogP) is 3.50. The van der Waals surface area contributed by atoms with Gasteiger partial charge in [0.15, 0.2) is 16.7 Å². The number of aromatic hydroxyl groups is 1. The van der Waals surface area contributed by atoms with Crippen LogP contribution in [0.15, 0.2) is 74.9 Å². The standard InChI is InChI=1S/C21H16N2O5S2/c1-28-17-10-9-13(11-16(17)24)12-18-20(25)22-21(29-18)23-30(26,27)19-8-4-6-14-5-2-3-7-15(14)19/h2-12,24H,1H3,(H,22,23,25)/b18-12-. The molecule has 30 heavy (non-hydrogen) atoms. The Labute approximate surface area is 177 Å². The van der Waals surface area contributed by atoms with Crippen LogP contribution in [0.4, 0.5) is 0 Å². The Morgan fingerprint density at radius 2 is 1.87 bits per heavy atom. The number of benzene rings is 3. The third kappa shape index (κ3) is 3.89. The van der Waals surface area contributed by atoms with Crippen LogP contribution >= 0.6 is 11.8 Å². The molecule has 0 aliphatic carbocycles. The first-order chi connectivity index (χ1) is 14.4. The Balaban J connectivity index is 1.65. The highest BCUT2D eigenvalue weighted by Crippen LogP contribution is 2.32. The minimum atomic E-state index is -4.04. The monoisotopic (exact) mass is 440 g/mol. The molecule has 4 rings (SSSR count). The van der Waals surface area contributed by atoms with E-state index < -0.39 is 15.9 Å². The zero-order valence-corrected chi connectivity index (χ0v) is 17.3. The van der Waals surface area contributed by atoms with Gasteiger partial charge in [-0.3, -0.25) is 10.1 Å². The second-order valence-electron chi connectivity index (χ2n) is 6.34. The summed E-state index contributed by atoms with van der Waals surface area (Å²) in [6, 6.07) is 16.7. The Morgan fingerprint density at radius 1 is 1.10 bits per heavy atom. The van der Waals surface area contributed by atoms with E-state index in [1.807, 2.05) is 18.2 Å². The Bertz CT molecular complexity index is 1320. The molecule has 3 aromatic carbocycles. The Morgan fingerprint density at radius 3 is 2.63 bits per heavy atom. The molecule has 0 aromatic heterocycles. The Hall–Kier alpha value is -3.30. The number of carbonyl (C=O) groups is 1. The molecular weight excluding hydrogens is 424 g/mol. The number of phenols is 1. The van der Waals surface area contributed by atoms with E-state index in [0.29, 0.717) is 16.7 Å². The SMILES string of the molecule is COc1ccc(/C=C2\SC(=NS(=O)(=O)c3cccc4ccccc34)NC2=O)cc1O. The van der Waals surface area contributed by atoms with Crippen molar-refractivity contribution in [2.75, 3.05) is 7.11 Å². The highest BCUT2D eigenvalue weighted by molar-refractivity contribution is 8.19. The van der Waals surface area contributed by atoms with E-state index in [9.17, 15) is 18.3 Å². The van der Waals surface area contributed by atoms with Gasteiger partial charge in [0.1, 0.15) is 0 Å². The average molecular weight is 441 g/mol. The summed E-state index contributed by atoms with van der Waals surface area (Å²) in [7, 11) is -2.60. The fraction of sp³-hybridized carbons (Fsp3) is 0.0476. The van der Waals surface area contributed by atoms with E-state index >= 15 is 0 Å². The number of thioether (sulfide) groups is 1. The molecule has 2 N–H and O–H groups in total. The lowest BCUT2D eigenvalue weighted by atomic mass is 10.1. The minimum Gasteiger partial charge on any atom is -0.504 e. The van der Waals surface area contributed by atoms with Crippen LogP contribution in [-0.4, -0.2) is 31.7 Å². The molecule has 0 atom stereocenters. The van der Waals surface area contributed by atoms with E-state index in [-0.39, 0.29) is 20.7 Å². The van der Waals surface area contributed by atoms with Crippen molar-refractivity contribution in [1.82, 2.24) is 5.32 Å². The first kappa shape index (κ1) is 20.0. The zero-order chi connectivity index (χ0) is 21.3. The fourth-order valence-corrected chi connectivity index (χ4v) is 5.21. The maximum atomic E-state index is 12.9. The lowest BCUT2D eigenvalue weighted by molar-refractivity contribution is -0.115. The molecular formula is C21H16N2O5S2. The molecule has 0 unspecified atom stereocenters. The van der Waals surface area contributed by atoms with Crippen molar-refractivity contribution in [1.29, 1.82) is 0 Å². The molecule has 1 saturated heterocycles. The lowest BCUT2D eigenvalue weighted by Gasteiger charge is -2.04. The summed E-state index contributed by atoms with van der Waals surface area (Å²) in [5.74, 6) is -0.228. The molecule has 0 saturated carbocycles. The van der Waals surface area contributed by atoms with Gasteiger partial charge in [-0.15, -0.1) is 4.40 Å². The highest BCUT2D eigenvalue weighted by atomic mass is 32.2. The highest BCUT2D eigenvalue weighted by Gasteiger charge is 2.27. The van der Waals surface area contributed by atoms with Gasteiger partial charge in [-0.25, -0.2) is 0 Å². The van der Waals surface area contributed by atoms with Crippen molar-refractivity contribution < 1.29 is 23.1 Å². The van der Waals surface area contributed by atoms with Gasteiger partial charge >= 0.3 is 0 Å². The molecule has 3 aromatic rings. The number of sulfonamides is 1. The topological polar surface area (TPSA) is 105 Å². The number of fused-ring (bicyclic) bond motifs is 1. The third-order valence-electron chi connectivity index (χ3n) is 4.38. The molecule has 1 amide bonds. The van der Waals surface area contributed by atoms with Gasteiger partial charge in [-0.2, -0.15) is 8.42 Å². The maximum Gasteiger partial charge on any atom is 0.285 e. The van der Waals surface area contributed by atoms with Gasteiger partial charge in [0.25, 0.3) is 15.9 Å². The van der Waals surface area contributed by atoms with Crippen LogP contribution in [0.5, 0.6) is 11.5 Å². The molecule has 7 nitrogen and oxygen atoms in total. The van der Waals surface area contributed by atoms with E-state index in [1.165, 1.54) is 25.3 Å². The second-order valence-corrected chi connectivity index (χ2v) is 8.95. The van der Waals surface area contributed by atoms with Gasteiger partial charge < -0.3 is 9.84 Å². The second kappa shape index (κ2) is 7.85. The number of hydrogen-bond acceptors (Lipinski definition) is 6. The molecule has 0 radical (unpaired) electrons. The fourth-order valence-electron chi connectivity index (χ4n) is 3.00.